The van der Waals surface area contributed by atoms with Crippen LogP contribution in [0, 0.1) is 18.3 Å². The molecule has 2 N–H and O–H groups in total. The summed E-state index contributed by atoms with van der Waals surface area (Å²) in [5.41, 5.74) is 3.88. The molecule has 8 nitrogen and oxygen atoms in total. The predicted octanol–water partition coefficient (Wildman–Crippen LogP) is 4.00. The van der Waals surface area contributed by atoms with Crippen molar-refractivity contribution in [2.24, 2.45) is 0 Å². The number of fused-ring (bicyclic) bond motifs is 1. The molecule has 3 heterocycles. The highest BCUT2D eigenvalue weighted by Crippen LogP contribution is 2.30. The van der Waals surface area contributed by atoms with E-state index in [1.54, 1.807) is 6.20 Å². The average Bonchev–Trinajstić information content (AvgIpc) is 3.21. The Morgan fingerprint density at radius 3 is 2.61 bits per heavy atom. The second kappa shape index (κ2) is 9.31. The Balaban J connectivity index is 1.65. The molecule has 1 saturated heterocycles. The molecule has 4 rings (SSSR count). The van der Waals surface area contributed by atoms with Crippen LogP contribution in [0.1, 0.15) is 38.8 Å². The quantitative estimate of drug-likeness (QED) is 0.598. The Labute approximate surface area is 183 Å². The molecule has 8 heteroatoms. The van der Waals surface area contributed by atoms with Gasteiger partial charge in [-0.2, -0.15) is 10.4 Å². The Bertz CT molecular complexity index is 1050. The normalized spacial score (nSPS) is 19.5. The highest BCUT2D eigenvalue weighted by molar-refractivity contribution is 5.89. The Kier molecular flexibility index (Phi) is 6.33. The molecule has 0 radical (unpaired) electrons. The molecule has 2 unspecified atom stereocenters. The van der Waals surface area contributed by atoms with Crippen molar-refractivity contribution in [1.29, 1.82) is 5.26 Å². The van der Waals surface area contributed by atoms with Crippen LogP contribution in [0.25, 0.3) is 11.0 Å². The summed E-state index contributed by atoms with van der Waals surface area (Å²) < 4.78 is 0. The number of hydrogen-bond acceptors (Lipinski definition) is 7. The van der Waals surface area contributed by atoms with Gasteiger partial charge in [-0.25, -0.2) is 4.98 Å². The maximum absolute atomic E-state index is 9.08. The van der Waals surface area contributed by atoms with Crippen molar-refractivity contribution in [2.45, 2.75) is 52.1 Å². The summed E-state index contributed by atoms with van der Waals surface area (Å²) in [6.45, 7) is 9.12. The number of hydrogen-bond donors (Lipinski definition) is 2. The molecule has 2 atom stereocenters. The smallest absolute Gasteiger partial charge is 0.153 e. The van der Waals surface area contributed by atoms with Gasteiger partial charge in [0.2, 0.25) is 0 Å². The molecule has 0 saturated carbocycles. The van der Waals surface area contributed by atoms with Crippen molar-refractivity contribution in [3.8, 4) is 6.07 Å². The lowest BCUT2D eigenvalue weighted by atomic mass is 10.0. The minimum Gasteiger partial charge on any atom is -0.367 e. The van der Waals surface area contributed by atoms with E-state index in [0.29, 0.717) is 24.3 Å². The summed E-state index contributed by atoms with van der Waals surface area (Å²) in [4.78, 5) is 14.5. The van der Waals surface area contributed by atoms with Gasteiger partial charge in [0.15, 0.2) is 11.6 Å². The topological polar surface area (TPSA) is 96.8 Å². The van der Waals surface area contributed by atoms with Crippen molar-refractivity contribution in [1.82, 2.24) is 25.1 Å². The number of nitriles is 1. The van der Waals surface area contributed by atoms with Gasteiger partial charge in [0, 0.05) is 49.9 Å². The molecule has 3 aromatic rings. The number of aromatic amines is 1. The van der Waals surface area contributed by atoms with Crippen LogP contribution in [0.4, 0.5) is 17.3 Å². The van der Waals surface area contributed by atoms with Crippen molar-refractivity contribution < 1.29 is 0 Å². The van der Waals surface area contributed by atoms with E-state index in [2.05, 4.69) is 62.3 Å². The standard InChI is InChI=1S/C23H30N8/c1-4-17-14-30(15-18(5-2)31(17)11-7-10-24)20-9-6-8-19-23(20)27-22(13-25-19)26-21-12-16(3)28-29-21/h6,8-9,12-13,17-18H,4-5,7,11,14-15H2,1-3H3,(H2,26,27,28,29). The lowest BCUT2D eigenvalue weighted by Crippen LogP contribution is -2.58. The number of benzene rings is 1. The van der Waals surface area contributed by atoms with Gasteiger partial charge in [-0.1, -0.05) is 19.9 Å². The molecule has 0 spiro atoms. The minimum absolute atomic E-state index is 0.420. The van der Waals surface area contributed by atoms with Crippen LogP contribution in [-0.4, -0.2) is 56.8 Å². The zero-order chi connectivity index (χ0) is 21.8. The van der Waals surface area contributed by atoms with Crippen LogP contribution in [0.2, 0.25) is 0 Å². The molecule has 0 bridgehead atoms. The molecular formula is C23H30N8. The first kappa shape index (κ1) is 21.1. The number of aryl methyl sites for hydroxylation is 1. The zero-order valence-electron chi connectivity index (χ0n) is 18.5. The molecule has 0 aliphatic carbocycles. The number of piperazine rings is 1. The summed E-state index contributed by atoms with van der Waals surface area (Å²) in [7, 11) is 0. The maximum Gasteiger partial charge on any atom is 0.153 e. The van der Waals surface area contributed by atoms with E-state index < -0.39 is 0 Å². The zero-order valence-corrected chi connectivity index (χ0v) is 18.5. The van der Waals surface area contributed by atoms with Crippen molar-refractivity contribution in [3.05, 3.63) is 36.2 Å². The largest absolute Gasteiger partial charge is 0.367 e. The number of anilines is 3. The van der Waals surface area contributed by atoms with Crippen LogP contribution in [0.3, 0.4) is 0 Å². The summed E-state index contributed by atoms with van der Waals surface area (Å²) in [6.07, 6.45) is 4.44. The van der Waals surface area contributed by atoms with Gasteiger partial charge in [-0.05, 0) is 31.9 Å². The maximum atomic E-state index is 9.08. The molecule has 162 valence electrons. The number of rotatable bonds is 7. The molecule has 31 heavy (non-hydrogen) atoms. The molecule has 0 amide bonds. The van der Waals surface area contributed by atoms with E-state index in [1.165, 1.54) is 0 Å². The number of para-hydroxylation sites is 1. The Hall–Kier alpha value is -3.18. The average molecular weight is 419 g/mol. The van der Waals surface area contributed by atoms with Gasteiger partial charge in [0.1, 0.15) is 5.52 Å². The van der Waals surface area contributed by atoms with Gasteiger partial charge in [0.05, 0.1) is 23.5 Å². The second-order valence-electron chi connectivity index (χ2n) is 8.14. The lowest BCUT2D eigenvalue weighted by molar-refractivity contribution is 0.108. The fourth-order valence-corrected chi connectivity index (χ4v) is 4.51. The number of nitrogens with one attached hydrogen (secondary N) is 2. The van der Waals surface area contributed by atoms with Crippen LogP contribution in [-0.2, 0) is 0 Å². The first-order chi connectivity index (χ1) is 15.1. The third-order valence-corrected chi connectivity index (χ3v) is 6.08. The molecular weight excluding hydrogens is 388 g/mol. The monoisotopic (exact) mass is 418 g/mol. The van der Waals surface area contributed by atoms with Crippen LogP contribution >= 0.6 is 0 Å². The van der Waals surface area contributed by atoms with Gasteiger partial charge in [-0.15, -0.1) is 0 Å². The van der Waals surface area contributed by atoms with E-state index in [0.717, 1.165) is 60.7 Å². The van der Waals surface area contributed by atoms with Crippen molar-refractivity contribution >= 4 is 28.4 Å². The first-order valence-corrected chi connectivity index (χ1v) is 11.0. The molecule has 1 fully saturated rings. The van der Waals surface area contributed by atoms with E-state index in [4.69, 9.17) is 10.2 Å². The number of nitrogens with zero attached hydrogens (tertiary/aromatic N) is 6. The van der Waals surface area contributed by atoms with E-state index in [1.807, 2.05) is 19.1 Å². The van der Waals surface area contributed by atoms with Crippen LogP contribution in [0.5, 0.6) is 0 Å². The van der Waals surface area contributed by atoms with Gasteiger partial charge < -0.3 is 10.2 Å². The third kappa shape index (κ3) is 4.47. The Morgan fingerprint density at radius 2 is 1.97 bits per heavy atom. The summed E-state index contributed by atoms with van der Waals surface area (Å²) in [6, 6.07) is 11.3. The lowest BCUT2D eigenvalue weighted by Gasteiger charge is -2.47. The minimum atomic E-state index is 0.420. The fraction of sp³-hybridized carbons (Fsp3) is 0.478. The number of aromatic nitrogens is 4. The van der Waals surface area contributed by atoms with Crippen LogP contribution < -0.4 is 10.2 Å². The Morgan fingerprint density at radius 1 is 1.19 bits per heavy atom. The summed E-state index contributed by atoms with van der Waals surface area (Å²) >= 11 is 0. The SMILES string of the molecule is CCC1CN(c2cccc3ncc(Nc4cc(C)[nH]n4)nc23)CC(CC)N1CCC#N. The van der Waals surface area contributed by atoms with Gasteiger partial charge >= 0.3 is 0 Å². The van der Waals surface area contributed by atoms with Gasteiger partial charge in [0.25, 0.3) is 0 Å². The first-order valence-electron chi connectivity index (χ1n) is 11.0. The van der Waals surface area contributed by atoms with Crippen LogP contribution in [0.15, 0.2) is 30.5 Å². The van der Waals surface area contributed by atoms with E-state index >= 15 is 0 Å². The van der Waals surface area contributed by atoms with E-state index in [9.17, 15) is 0 Å². The van der Waals surface area contributed by atoms with Crippen molar-refractivity contribution in [3.63, 3.8) is 0 Å². The summed E-state index contributed by atoms with van der Waals surface area (Å²) in [5.74, 6) is 1.41. The fourth-order valence-electron chi connectivity index (χ4n) is 4.51. The third-order valence-electron chi connectivity index (χ3n) is 6.08. The summed E-state index contributed by atoms with van der Waals surface area (Å²) in [5, 5.41) is 19.5. The highest BCUT2D eigenvalue weighted by atomic mass is 15.3. The molecule has 1 aliphatic rings. The highest BCUT2D eigenvalue weighted by Gasteiger charge is 2.33. The predicted molar refractivity (Wildman–Crippen MR) is 123 cm³/mol. The molecule has 1 aromatic carbocycles. The van der Waals surface area contributed by atoms with Crippen molar-refractivity contribution in [2.75, 3.05) is 29.9 Å². The molecule has 2 aromatic heterocycles. The van der Waals surface area contributed by atoms with Gasteiger partial charge in [-0.3, -0.25) is 15.0 Å². The second-order valence-corrected chi connectivity index (χ2v) is 8.14. The van der Waals surface area contributed by atoms with E-state index in [-0.39, 0.29) is 0 Å². The molecule has 1 aliphatic heterocycles. The number of H-pyrrole nitrogens is 1.